The first-order valence-electron chi connectivity index (χ1n) is 6.61. The third-order valence-corrected chi connectivity index (χ3v) is 4.47. The zero-order chi connectivity index (χ0) is 16.6. The van der Waals surface area contributed by atoms with Crippen LogP contribution in [0.5, 0.6) is 0 Å². The third-order valence-electron chi connectivity index (χ3n) is 3.36. The highest BCUT2D eigenvalue weighted by atomic mass is 35.5. The number of benzene rings is 1. The molecule has 0 saturated carbocycles. The summed E-state index contributed by atoms with van der Waals surface area (Å²) >= 11 is 7.47. The van der Waals surface area contributed by atoms with Gasteiger partial charge in [0.05, 0.1) is 5.57 Å². The smallest absolute Gasteiger partial charge is 0.335 e. The third kappa shape index (κ3) is 2.97. The molecular formula is C15H11ClFN3O2S. The van der Waals surface area contributed by atoms with Crippen molar-refractivity contribution in [1.82, 2.24) is 10.3 Å². The first kappa shape index (κ1) is 15.6. The monoisotopic (exact) mass is 351 g/mol. The molecule has 0 spiro atoms. The van der Waals surface area contributed by atoms with Gasteiger partial charge < -0.3 is 10.4 Å². The Hall–Kier alpha value is -2.25. The average molecular weight is 352 g/mol. The summed E-state index contributed by atoms with van der Waals surface area (Å²) in [6.07, 6.45) is 1.63. The fourth-order valence-electron chi connectivity index (χ4n) is 2.35. The second-order valence-electron chi connectivity index (χ2n) is 4.85. The lowest BCUT2D eigenvalue weighted by Crippen LogP contribution is -2.32. The fraction of sp³-hybridized carbons (Fsp3) is 0.133. The van der Waals surface area contributed by atoms with Crippen LogP contribution in [0.2, 0.25) is 5.02 Å². The molecule has 5 nitrogen and oxygen atoms in total. The maximum atomic E-state index is 13.3. The number of amidine groups is 1. The summed E-state index contributed by atoms with van der Waals surface area (Å²) in [5.74, 6) is -1.13. The van der Waals surface area contributed by atoms with Gasteiger partial charge in [0, 0.05) is 27.9 Å². The van der Waals surface area contributed by atoms with Gasteiger partial charge in [-0.2, -0.15) is 0 Å². The zero-order valence-electron chi connectivity index (χ0n) is 11.9. The van der Waals surface area contributed by atoms with E-state index in [-0.39, 0.29) is 10.6 Å². The van der Waals surface area contributed by atoms with Gasteiger partial charge in [0.15, 0.2) is 10.8 Å². The van der Waals surface area contributed by atoms with E-state index in [2.05, 4.69) is 15.3 Å². The maximum absolute atomic E-state index is 13.3. The van der Waals surface area contributed by atoms with E-state index in [9.17, 15) is 14.3 Å². The van der Waals surface area contributed by atoms with Crippen LogP contribution >= 0.6 is 22.9 Å². The number of aliphatic imine (C=N–C) groups is 1. The van der Waals surface area contributed by atoms with Crippen LogP contribution in [-0.2, 0) is 4.79 Å². The molecule has 0 aliphatic carbocycles. The molecule has 2 heterocycles. The van der Waals surface area contributed by atoms with Crippen LogP contribution in [0.1, 0.15) is 23.5 Å². The summed E-state index contributed by atoms with van der Waals surface area (Å²) < 4.78 is 13.3. The Morgan fingerprint density at radius 1 is 1.48 bits per heavy atom. The van der Waals surface area contributed by atoms with Crippen molar-refractivity contribution in [1.29, 1.82) is 0 Å². The minimum atomic E-state index is -1.11. The lowest BCUT2D eigenvalue weighted by Gasteiger charge is -2.24. The first-order chi connectivity index (χ1) is 11.0. The Bertz CT molecular complexity index is 833. The van der Waals surface area contributed by atoms with Crippen LogP contribution < -0.4 is 5.32 Å². The number of nitrogens with zero attached hydrogens (tertiary/aromatic N) is 2. The van der Waals surface area contributed by atoms with Gasteiger partial charge in [-0.05, 0) is 19.1 Å². The van der Waals surface area contributed by atoms with Gasteiger partial charge in [-0.15, -0.1) is 11.3 Å². The number of carboxylic acids is 1. The second-order valence-corrected chi connectivity index (χ2v) is 6.15. The summed E-state index contributed by atoms with van der Waals surface area (Å²) in [6, 6.07) is 3.00. The Morgan fingerprint density at radius 2 is 2.26 bits per heavy atom. The Morgan fingerprint density at radius 3 is 2.87 bits per heavy atom. The molecule has 3 rings (SSSR count). The van der Waals surface area contributed by atoms with Gasteiger partial charge in [-0.25, -0.2) is 14.2 Å². The molecule has 2 aromatic rings. The van der Waals surface area contributed by atoms with E-state index in [0.29, 0.717) is 22.1 Å². The summed E-state index contributed by atoms with van der Waals surface area (Å²) in [7, 11) is 0. The van der Waals surface area contributed by atoms with Crippen LogP contribution in [0.25, 0.3) is 0 Å². The van der Waals surface area contributed by atoms with Crippen molar-refractivity contribution in [3.8, 4) is 0 Å². The van der Waals surface area contributed by atoms with E-state index >= 15 is 0 Å². The molecule has 0 saturated heterocycles. The zero-order valence-corrected chi connectivity index (χ0v) is 13.5. The molecule has 8 heteroatoms. The predicted molar refractivity (Wildman–Crippen MR) is 86.3 cm³/mol. The molecule has 0 unspecified atom stereocenters. The van der Waals surface area contributed by atoms with Crippen LogP contribution in [0.3, 0.4) is 0 Å². The van der Waals surface area contributed by atoms with E-state index in [0.717, 1.165) is 6.07 Å². The normalized spacial score (nSPS) is 17.7. The Balaban J connectivity index is 2.14. The number of carboxylic acid groups (broad SMARTS) is 1. The number of thiazole rings is 1. The van der Waals surface area contributed by atoms with E-state index in [1.54, 1.807) is 18.5 Å². The molecule has 0 amide bonds. The van der Waals surface area contributed by atoms with Crippen molar-refractivity contribution in [3.63, 3.8) is 0 Å². The van der Waals surface area contributed by atoms with Crippen molar-refractivity contribution >= 4 is 34.7 Å². The van der Waals surface area contributed by atoms with E-state index in [1.807, 2.05) is 0 Å². The molecule has 1 atom stereocenters. The van der Waals surface area contributed by atoms with Crippen molar-refractivity contribution in [2.24, 2.45) is 4.99 Å². The summed E-state index contributed by atoms with van der Waals surface area (Å²) in [5, 5.41) is 15.0. The van der Waals surface area contributed by atoms with Crippen molar-refractivity contribution in [3.05, 3.63) is 62.5 Å². The molecule has 0 radical (unpaired) electrons. The minimum absolute atomic E-state index is 0.0683. The van der Waals surface area contributed by atoms with Gasteiger partial charge in [0.25, 0.3) is 0 Å². The largest absolute Gasteiger partial charge is 0.478 e. The lowest BCUT2D eigenvalue weighted by atomic mass is 9.96. The molecule has 1 aromatic carbocycles. The summed E-state index contributed by atoms with van der Waals surface area (Å²) in [5.41, 5.74) is 0.947. The van der Waals surface area contributed by atoms with E-state index in [4.69, 9.17) is 11.6 Å². The molecule has 118 valence electrons. The van der Waals surface area contributed by atoms with E-state index < -0.39 is 17.8 Å². The van der Waals surface area contributed by atoms with Gasteiger partial charge in [-0.1, -0.05) is 17.7 Å². The van der Waals surface area contributed by atoms with Gasteiger partial charge in [0.2, 0.25) is 0 Å². The minimum Gasteiger partial charge on any atom is -0.478 e. The van der Waals surface area contributed by atoms with Crippen LogP contribution in [0, 0.1) is 5.82 Å². The quantitative estimate of drug-likeness (QED) is 0.889. The topological polar surface area (TPSA) is 74.6 Å². The highest BCUT2D eigenvalue weighted by Gasteiger charge is 2.31. The number of aliphatic carboxylic acids is 1. The molecule has 2 N–H and O–H groups in total. The second kappa shape index (κ2) is 6.10. The Labute approximate surface area is 140 Å². The number of carbonyl (C=O) groups is 1. The number of halogens is 2. The van der Waals surface area contributed by atoms with Crippen molar-refractivity contribution < 1.29 is 14.3 Å². The SMILES string of the molecule is CC1=C(C(=O)O)[C@H](c2ccc(F)cc2Cl)N=C(c2nccs2)N1. The maximum Gasteiger partial charge on any atom is 0.335 e. The van der Waals surface area contributed by atoms with Crippen LogP contribution in [-0.4, -0.2) is 21.9 Å². The molecule has 23 heavy (non-hydrogen) atoms. The van der Waals surface area contributed by atoms with Crippen LogP contribution in [0.4, 0.5) is 4.39 Å². The van der Waals surface area contributed by atoms with Gasteiger partial charge >= 0.3 is 5.97 Å². The first-order valence-corrected chi connectivity index (χ1v) is 7.87. The summed E-state index contributed by atoms with van der Waals surface area (Å²) in [4.78, 5) is 20.2. The molecule has 0 bridgehead atoms. The highest BCUT2D eigenvalue weighted by Crippen LogP contribution is 2.35. The van der Waals surface area contributed by atoms with Gasteiger partial charge in [0.1, 0.15) is 11.9 Å². The van der Waals surface area contributed by atoms with Gasteiger partial charge in [-0.3, -0.25) is 4.99 Å². The Kier molecular flexibility index (Phi) is 4.14. The molecule has 0 fully saturated rings. The van der Waals surface area contributed by atoms with E-state index in [1.165, 1.54) is 23.5 Å². The van der Waals surface area contributed by atoms with Crippen molar-refractivity contribution in [2.45, 2.75) is 13.0 Å². The fourth-order valence-corrected chi connectivity index (χ4v) is 3.21. The highest BCUT2D eigenvalue weighted by molar-refractivity contribution is 7.11. The van der Waals surface area contributed by atoms with Crippen molar-refractivity contribution in [2.75, 3.05) is 0 Å². The summed E-state index contributed by atoms with van der Waals surface area (Å²) in [6.45, 7) is 1.65. The number of hydrogen-bond donors (Lipinski definition) is 2. The number of aromatic nitrogens is 1. The predicted octanol–water partition coefficient (Wildman–Crippen LogP) is 3.39. The number of rotatable bonds is 3. The number of hydrogen-bond acceptors (Lipinski definition) is 5. The standard InChI is InChI=1S/C15H11ClFN3O2S/c1-7-11(15(21)22)12(9-3-2-8(17)6-10(9)16)20-13(19-7)14-18-4-5-23-14/h2-6,12H,1H3,(H,19,20)(H,21,22)/t12-/m0/s1. The lowest BCUT2D eigenvalue weighted by molar-refractivity contribution is -0.133. The van der Waals surface area contributed by atoms with Crippen LogP contribution in [0.15, 0.2) is 46.0 Å². The molecule has 1 aromatic heterocycles. The molecule has 1 aliphatic heterocycles. The molecular weight excluding hydrogens is 341 g/mol. The number of nitrogens with one attached hydrogen (secondary N) is 1. The average Bonchev–Trinajstić information content (AvgIpc) is 3.00. The number of allylic oxidation sites excluding steroid dienone is 1. The molecule has 1 aliphatic rings.